The molecular formula is C25H30FN7O2S. The molecule has 2 aliphatic rings. The van der Waals surface area contributed by atoms with Crippen molar-refractivity contribution in [3.05, 3.63) is 36.3 Å². The van der Waals surface area contributed by atoms with Crippen LogP contribution in [0.1, 0.15) is 32.6 Å². The number of benzene rings is 1. The second kappa shape index (κ2) is 10.8. The standard InChI is InChI=1S/C25H30FN7O2S/c1-2-36-25-29-22(31-11-4-3-5-12-31)20-15-28-33(23(20)30-25)13-10-27-24(35)17-14-21(34)32(16-17)19-8-6-18(26)7-9-19/h6-9,15,17H,2-5,10-14,16H2,1H3,(H,27,35). The van der Waals surface area contributed by atoms with Crippen LogP contribution in [0.2, 0.25) is 0 Å². The van der Waals surface area contributed by atoms with E-state index in [2.05, 4.69) is 22.2 Å². The minimum atomic E-state index is -0.447. The molecule has 2 saturated heterocycles. The summed E-state index contributed by atoms with van der Waals surface area (Å²) in [6.45, 7) is 5.17. The first-order valence-corrected chi connectivity index (χ1v) is 13.5. The highest BCUT2D eigenvalue weighted by atomic mass is 32.2. The number of piperidine rings is 1. The Morgan fingerprint density at radius 2 is 1.94 bits per heavy atom. The fourth-order valence-corrected chi connectivity index (χ4v) is 5.37. The first kappa shape index (κ1) is 24.5. The van der Waals surface area contributed by atoms with Crippen LogP contribution in [0.15, 0.2) is 35.6 Å². The molecule has 0 aliphatic carbocycles. The quantitative estimate of drug-likeness (QED) is 0.366. The van der Waals surface area contributed by atoms with Crippen LogP contribution >= 0.6 is 11.8 Å². The fourth-order valence-electron chi connectivity index (χ4n) is 4.81. The fraction of sp³-hybridized carbons (Fsp3) is 0.480. The molecule has 4 heterocycles. The number of aromatic nitrogens is 4. The highest BCUT2D eigenvalue weighted by Crippen LogP contribution is 2.29. The molecule has 2 aromatic heterocycles. The van der Waals surface area contributed by atoms with Gasteiger partial charge in [0.25, 0.3) is 0 Å². The zero-order valence-corrected chi connectivity index (χ0v) is 21.1. The van der Waals surface area contributed by atoms with Crippen molar-refractivity contribution in [3.63, 3.8) is 0 Å². The van der Waals surface area contributed by atoms with Crippen LogP contribution in [-0.4, -0.2) is 63.5 Å². The Kier molecular flexibility index (Phi) is 7.35. The van der Waals surface area contributed by atoms with E-state index in [-0.39, 0.29) is 30.6 Å². The number of fused-ring (bicyclic) bond motifs is 1. The number of carbonyl (C=O) groups is 2. The summed E-state index contributed by atoms with van der Waals surface area (Å²) in [5.41, 5.74) is 1.37. The molecule has 1 atom stereocenters. The molecule has 0 bridgehead atoms. The molecule has 1 unspecified atom stereocenters. The Hall–Kier alpha value is -3.21. The van der Waals surface area contributed by atoms with Gasteiger partial charge >= 0.3 is 0 Å². The summed E-state index contributed by atoms with van der Waals surface area (Å²) >= 11 is 1.61. The topological polar surface area (TPSA) is 96.2 Å². The number of nitrogens with zero attached hydrogens (tertiary/aromatic N) is 6. The minimum absolute atomic E-state index is 0.136. The van der Waals surface area contributed by atoms with Gasteiger partial charge in [-0.3, -0.25) is 9.59 Å². The van der Waals surface area contributed by atoms with Gasteiger partial charge < -0.3 is 15.1 Å². The van der Waals surface area contributed by atoms with E-state index >= 15 is 0 Å². The lowest BCUT2D eigenvalue weighted by Gasteiger charge is -2.28. The second-order valence-electron chi connectivity index (χ2n) is 9.09. The number of rotatable bonds is 8. The summed E-state index contributed by atoms with van der Waals surface area (Å²) in [7, 11) is 0. The first-order valence-electron chi connectivity index (χ1n) is 12.5. The molecule has 1 aromatic carbocycles. The van der Waals surface area contributed by atoms with Gasteiger partial charge in [-0.1, -0.05) is 18.7 Å². The summed E-state index contributed by atoms with van der Waals surface area (Å²) in [6.07, 6.45) is 5.51. The maximum absolute atomic E-state index is 13.2. The van der Waals surface area contributed by atoms with E-state index < -0.39 is 5.92 Å². The van der Waals surface area contributed by atoms with Crippen LogP contribution < -0.4 is 15.1 Å². The van der Waals surface area contributed by atoms with Gasteiger partial charge in [-0.25, -0.2) is 19.0 Å². The Bertz CT molecular complexity index is 1240. The lowest BCUT2D eigenvalue weighted by molar-refractivity contribution is -0.126. The van der Waals surface area contributed by atoms with Crippen molar-refractivity contribution >= 4 is 46.1 Å². The molecule has 11 heteroatoms. The average Bonchev–Trinajstić information content (AvgIpc) is 3.48. The zero-order chi connectivity index (χ0) is 25.1. The molecule has 2 amide bonds. The van der Waals surface area contributed by atoms with E-state index in [1.165, 1.54) is 23.5 Å². The Balaban J connectivity index is 1.24. The molecule has 2 aliphatic heterocycles. The van der Waals surface area contributed by atoms with Crippen molar-refractivity contribution < 1.29 is 14.0 Å². The summed E-state index contributed by atoms with van der Waals surface area (Å²) < 4.78 is 15.0. The van der Waals surface area contributed by atoms with Gasteiger partial charge in [0.1, 0.15) is 11.6 Å². The van der Waals surface area contributed by atoms with E-state index in [1.807, 2.05) is 10.9 Å². The second-order valence-corrected chi connectivity index (χ2v) is 10.3. The summed E-state index contributed by atoms with van der Waals surface area (Å²) in [5.74, 6) is 0.704. The minimum Gasteiger partial charge on any atom is -0.356 e. The molecule has 5 rings (SSSR count). The van der Waals surface area contributed by atoms with Gasteiger partial charge in [-0.2, -0.15) is 5.10 Å². The predicted octanol–water partition coefficient (Wildman–Crippen LogP) is 3.24. The van der Waals surface area contributed by atoms with Crippen LogP contribution in [0.5, 0.6) is 0 Å². The van der Waals surface area contributed by atoms with Gasteiger partial charge in [0.2, 0.25) is 11.8 Å². The van der Waals surface area contributed by atoms with E-state index in [9.17, 15) is 14.0 Å². The number of amides is 2. The SMILES string of the molecule is CCSc1nc(N2CCCCC2)c2cnn(CCNC(=O)C3CC(=O)N(c4ccc(F)cc4)C3)c2n1. The van der Waals surface area contributed by atoms with Crippen LogP contribution in [0.3, 0.4) is 0 Å². The highest BCUT2D eigenvalue weighted by molar-refractivity contribution is 7.99. The summed E-state index contributed by atoms with van der Waals surface area (Å²) in [5, 5.41) is 9.17. The van der Waals surface area contributed by atoms with E-state index in [0.717, 1.165) is 53.7 Å². The van der Waals surface area contributed by atoms with E-state index in [4.69, 9.17) is 9.97 Å². The Morgan fingerprint density at radius 1 is 1.17 bits per heavy atom. The van der Waals surface area contributed by atoms with Crippen LogP contribution in [0, 0.1) is 11.7 Å². The monoisotopic (exact) mass is 511 g/mol. The van der Waals surface area contributed by atoms with Crippen LogP contribution in [0.25, 0.3) is 11.0 Å². The third-order valence-electron chi connectivity index (χ3n) is 6.64. The van der Waals surface area contributed by atoms with Crippen molar-refractivity contribution in [2.24, 2.45) is 5.92 Å². The molecule has 0 saturated carbocycles. The van der Waals surface area contributed by atoms with Crippen molar-refractivity contribution in [1.82, 2.24) is 25.1 Å². The van der Waals surface area contributed by atoms with Gasteiger partial charge in [0.05, 0.1) is 24.0 Å². The Morgan fingerprint density at radius 3 is 2.69 bits per heavy atom. The lowest BCUT2D eigenvalue weighted by atomic mass is 10.1. The van der Waals surface area contributed by atoms with Crippen LogP contribution in [0.4, 0.5) is 15.9 Å². The number of carbonyl (C=O) groups excluding carboxylic acids is 2. The van der Waals surface area contributed by atoms with E-state index in [1.54, 1.807) is 23.9 Å². The van der Waals surface area contributed by atoms with Gasteiger partial charge in [-0.15, -0.1) is 0 Å². The van der Waals surface area contributed by atoms with Gasteiger partial charge in [0, 0.05) is 38.3 Å². The van der Waals surface area contributed by atoms with Crippen molar-refractivity contribution in [2.45, 2.75) is 44.3 Å². The van der Waals surface area contributed by atoms with Crippen LogP contribution in [-0.2, 0) is 16.1 Å². The third kappa shape index (κ3) is 5.16. The third-order valence-corrected chi connectivity index (χ3v) is 7.37. The number of hydrogen-bond donors (Lipinski definition) is 1. The van der Waals surface area contributed by atoms with Gasteiger partial charge in [-0.05, 0) is 49.3 Å². The number of nitrogens with one attached hydrogen (secondary N) is 1. The molecule has 9 nitrogen and oxygen atoms in total. The molecule has 36 heavy (non-hydrogen) atoms. The maximum atomic E-state index is 13.2. The highest BCUT2D eigenvalue weighted by Gasteiger charge is 2.35. The first-order chi connectivity index (χ1) is 17.5. The smallest absolute Gasteiger partial charge is 0.227 e. The van der Waals surface area contributed by atoms with Gasteiger partial charge in [0.15, 0.2) is 10.8 Å². The molecule has 190 valence electrons. The number of anilines is 2. The molecule has 1 N–H and O–H groups in total. The molecular weight excluding hydrogens is 481 g/mol. The average molecular weight is 512 g/mol. The number of halogens is 1. The predicted molar refractivity (Wildman–Crippen MR) is 138 cm³/mol. The Labute approximate surface area is 213 Å². The lowest BCUT2D eigenvalue weighted by Crippen LogP contribution is -2.35. The molecule has 0 spiro atoms. The normalized spacial score (nSPS) is 18.3. The largest absolute Gasteiger partial charge is 0.356 e. The van der Waals surface area contributed by atoms with Crippen molar-refractivity contribution in [2.75, 3.05) is 41.7 Å². The zero-order valence-electron chi connectivity index (χ0n) is 20.3. The molecule has 3 aromatic rings. The molecule has 2 fully saturated rings. The number of hydrogen-bond acceptors (Lipinski definition) is 7. The van der Waals surface area contributed by atoms with Crippen molar-refractivity contribution in [1.29, 1.82) is 0 Å². The summed E-state index contributed by atoms with van der Waals surface area (Å²) in [4.78, 5) is 38.7. The summed E-state index contributed by atoms with van der Waals surface area (Å²) in [6, 6.07) is 5.74. The number of thioether (sulfide) groups is 1. The van der Waals surface area contributed by atoms with Crippen molar-refractivity contribution in [3.8, 4) is 0 Å². The van der Waals surface area contributed by atoms with E-state index in [0.29, 0.717) is 18.8 Å². The molecule has 0 radical (unpaired) electrons. The maximum Gasteiger partial charge on any atom is 0.227 e.